The Kier molecular flexibility index (Phi) is 5.25. The Bertz CT molecular complexity index is 406. The Labute approximate surface area is 119 Å². The summed E-state index contributed by atoms with van der Waals surface area (Å²) in [6.45, 7) is 5.44. The number of nitrogens with zero attached hydrogens (tertiary/aromatic N) is 2. The summed E-state index contributed by atoms with van der Waals surface area (Å²) in [6, 6.07) is 1.85. The zero-order chi connectivity index (χ0) is 13.7. The number of aryl methyl sites for hydroxylation is 1. The lowest BCUT2D eigenvalue weighted by Crippen LogP contribution is -2.22. The van der Waals surface area contributed by atoms with Crippen molar-refractivity contribution in [1.82, 2.24) is 9.97 Å². The first-order chi connectivity index (χ1) is 9.17. The molecule has 1 aliphatic carbocycles. The second kappa shape index (κ2) is 6.94. The molecule has 1 aromatic heterocycles. The molecule has 0 bridgehead atoms. The monoisotopic (exact) mass is 283 g/mol. The zero-order valence-corrected chi connectivity index (χ0v) is 12.4. The van der Waals surface area contributed by atoms with Gasteiger partial charge in [0, 0.05) is 23.7 Å². The smallest absolute Gasteiger partial charge is 0.226 e. The average Bonchev–Trinajstić information content (AvgIpc) is 2.38. The van der Waals surface area contributed by atoms with E-state index in [-0.39, 0.29) is 0 Å². The summed E-state index contributed by atoms with van der Waals surface area (Å²) >= 11 is 6.11. The van der Waals surface area contributed by atoms with Gasteiger partial charge in [0.2, 0.25) is 11.8 Å². The summed E-state index contributed by atoms with van der Waals surface area (Å²) in [5.74, 6) is 1.98. The summed E-state index contributed by atoms with van der Waals surface area (Å²) in [5, 5.41) is 3.69. The molecule has 0 aliphatic heterocycles. The third-order valence-corrected chi connectivity index (χ3v) is 3.88. The van der Waals surface area contributed by atoms with E-state index in [4.69, 9.17) is 16.3 Å². The lowest BCUT2D eigenvalue weighted by Gasteiger charge is -2.25. The first-order valence-corrected chi connectivity index (χ1v) is 7.47. The van der Waals surface area contributed by atoms with Crippen LogP contribution >= 0.6 is 11.6 Å². The number of ether oxygens (including phenoxy) is 1. The van der Waals surface area contributed by atoms with Crippen molar-refractivity contribution in [1.29, 1.82) is 0 Å². The van der Waals surface area contributed by atoms with Crippen LogP contribution in [0.2, 0.25) is 0 Å². The molecule has 0 spiro atoms. The quantitative estimate of drug-likeness (QED) is 0.842. The first-order valence-electron chi connectivity index (χ1n) is 7.03. The fraction of sp³-hybridized carbons (Fsp3) is 0.714. The highest BCUT2D eigenvalue weighted by molar-refractivity contribution is 6.20. The van der Waals surface area contributed by atoms with E-state index in [0.717, 1.165) is 25.1 Å². The van der Waals surface area contributed by atoms with E-state index >= 15 is 0 Å². The maximum Gasteiger partial charge on any atom is 0.226 e. The molecule has 4 nitrogen and oxygen atoms in total. The molecule has 1 N–H and O–H groups in total. The molecule has 1 saturated carbocycles. The van der Waals surface area contributed by atoms with E-state index in [1.165, 1.54) is 12.8 Å². The Morgan fingerprint density at radius 3 is 2.74 bits per heavy atom. The van der Waals surface area contributed by atoms with Crippen LogP contribution in [0.4, 0.5) is 5.95 Å². The molecule has 2 rings (SSSR count). The second-order valence-electron chi connectivity index (χ2n) is 5.10. The van der Waals surface area contributed by atoms with Crippen LogP contribution in [0.25, 0.3) is 0 Å². The first kappa shape index (κ1) is 14.4. The van der Waals surface area contributed by atoms with Crippen LogP contribution in [0.5, 0.6) is 5.88 Å². The van der Waals surface area contributed by atoms with Gasteiger partial charge in [-0.15, -0.1) is 11.6 Å². The lowest BCUT2D eigenvalue weighted by molar-refractivity contribution is 0.326. The highest BCUT2D eigenvalue weighted by Crippen LogP contribution is 2.27. The standard InChI is InChI=1S/C14H22ClN3O/c1-3-19-13-8-10(2)17-14(18-13)16-9-11-4-6-12(15)7-5-11/h8,11-12H,3-7,9H2,1-2H3,(H,16,17,18). The summed E-state index contributed by atoms with van der Waals surface area (Å²) in [6.07, 6.45) is 4.61. The van der Waals surface area contributed by atoms with Crippen LogP contribution in [0.15, 0.2) is 6.07 Å². The lowest BCUT2D eigenvalue weighted by atomic mass is 9.89. The van der Waals surface area contributed by atoms with Crippen molar-refractivity contribution < 1.29 is 4.74 Å². The number of hydrogen-bond donors (Lipinski definition) is 1. The number of rotatable bonds is 5. The summed E-state index contributed by atoms with van der Waals surface area (Å²) in [7, 11) is 0. The van der Waals surface area contributed by atoms with Crippen molar-refractivity contribution in [3.05, 3.63) is 11.8 Å². The molecule has 1 aliphatic rings. The number of aromatic nitrogens is 2. The van der Waals surface area contributed by atoms with Crippen LogP contribution in [0.3, 0.4) is 0 Å². The fourth-order valence-corrected chi connectivity index (χ4v) is 2.65. The largest absolute Gasteiger partial charge is 0.478 e. The Balaban J connectivity index is 1.88. The topological polar surface area (TPSA) is 47.0 Å². The normalized spacial score (nSPS) is 23.1. The van der Waals surface area contributed by atoms with Gasteiger partial charge in [-0.1, -0.05) is 0 Å². The molecule has 1 heterocycles. The van der Waals surface area contributed by atoms with E-state index in [2.05, 4.69) is 15.3 Å². The van der Waals surface area contributed by atoms with Crippen LogP contribution in [-0.4, -0.2) is 28.5 Å². The van der Waals surface area contributed by atoms with Crippen molar-refractivity contribution in [2.75, 3.05) is 18.5 Å². The number of hydrogen-bond acceptors (Lipinski definition) is 4. The number of anilines is 1. The van der Waals surface area contributed by atoms with Gasteiger partial charge in [-0.2, -0.15) is 4.98 Å². The predicted octanol–water partition coefficient (Wildman–Crippen LogP) is 3.39. The van der Waals surface area contributed by atoms with E-state index < -0.39 is 0 Å². The van der Waals surface area contributed by atoms with Crippen LogP contribution < -0.4 is 10.1 Å². The Morgan fingerprint density at radius 2 is 2.05 bits per heavy atom. The summed E-state index contributed by atoms with van der Waals surface area (Å²) in [4.78, 5) is 8.74. The minimum absolute atomic E-state index is 0.371. The number of halogens is 1. The third-order valence-electron chi connectivity index (χ3n) is 3.45. The number of nitrogens with one attached hydrogen (secondary N) is 1. The SMILES string of the molecule is CCOc1cc(C)nc(NCC2CCC(Cl)CC2)n1. The average molecular weight is 284 g/mol. The molecular formula is C14H22ClN3O. The van der Waals surface area contributed by atoms with Gasteiger partial charge in [0.15, 0.2) is 0 Å². The van der Waals surface area contributed by atoms with Crippen molar-refractivity contribution in [3.8, 4) is 5.88 Å². The van der Waals surface area contributed by atoms with Gasteiger partial charge < -0.3 is 10.1 Å². The number of alkyl halides is 1. The van der Waals surface area contributed by atoms with Gasteiger partial charge in [0.1, 0.15) is 0 Å². The van der Waals surface area contributed by atoms with Crippen molar-refractivity contribution in [2.24, 2.45) is 5.92 Å². The molecule has 0 amide bonds. The highest BCUT2D eigenvalue weighted by Gasteiger charge is 2.19. The van der Waals surface area contributed by atoms with E-state index in [1.807, 2.05) is 19.9 Å². The summed E-state index contributed by atoms with van der Waals surface area (Å²) in [5.41, 5.74) is 0.922. The molecule has 0 saturated heterocycles. The summed E-state index contributed by atoms with van der Waals surface area (Å²) < 4.78 is 5.42. The Morgan fingerprint density at radius 1 is 1.32 bits per heavy atom. The van der Waals surface area contributed by atoms with Crippen LogP contribution in [0.1, 0.15) is 38.3 Å². The van der Waals surface area contributed by atoms with E-state index in [9.17, 15) is 0 Å². The second-order valence-corrected chi connectivity index (χ2v) is 5.72. The maximum absolute atomic E-state index is 6.11. The molecule has 0 aromatic carbocycles. The van der Waals surface area contributed by atoms with Crippen molar-refractivity contribution in [3.63, 3.8) is 0 Å². The van der Waals surface area contributed by atoms with Gasteiger partial charge >= 0.3 is 0 Å². The van der Waals surface area contributed by atoms with Crippen molar-refractivity contribution in [2.45, 2.75) is 44.9 Å². The molecule has 0 unspecified atom stereocenters. The minimum Gasteiger partial charge on any atom is -0.478 e. The molecule has 0 atom stereocenters. The van der Waals surface area contributed by atoms with Gasteiger partial charge in [-0.25, -0.2) is 4.98 Å². The Hall–Kier alpha value is -1.03. The van der Waals surface area contributed by atoms with Crippen LogP contribution in [-0.2, 0) is 0 Å². The van der Waals surface area contributed by atoms with Gasteiger partial charge in [0.05, 0.1) is 6.61 Å². The molecule has 0 radical (unpaired) electrons. The van der Waals surface area contributed by atoms with E-state index in [0.29, 0.717) is 29.7 Å². The van der Waals surface area contributed by atoms with Crippen molar-refractivity contribution >= 4 is 17.5 Å². The van der Waals surface area contributed by atoms with E-state index in [1.54, 1.807) is 0 Å². The third kappa shape index (κ3) is 4.53. The molecule has 1 aromatic rings. The molecule has 5 heteroatoms. The van der Waals surface area contributed by atoms with Gasteiger partial charge in [-0.3, -0.25) is 0 Å². The predicted molar refractivity (Wildman–Crippen MR) is 78.0 cm³/mol. The fourth-order valence-electron chi connectivity index (χ4n) is 2.40. The molecule has 1 fully saturated rings. The molecule has 19 heavy (non-hydrogen) atoms. The van der Waals surface area contributed by atoms with Gasteiger partial charge in [0.25, 0.3) is 0 Å². The molecule has 106 valence electrons. The minimum atomic E-state index is 0.371. The highest BCUT2D eigenvalue weighted by atomic mass is 35.5. The maximum atomic E-state index is 6.11. The van der Waals surface area contributed by atoms with Gasteiger partial charge in [-0.05, 0) is 45.4 Å². The zero-order valence-electron chi connectivity index (χ0n) is 11.7. The molecular weight excluding hydrogens is 262 g/mol. The van der Waals surface area contributed by atoms with Crippen LogP contribution in [0, 0.1) is 12.8 Å².